The molecule has 7 nitrogen and oxygen atoms in total. The maximum atomic E-state index is 11.6. The van der Waals surface area contributed by atoms with E-state index in [4.69, 9.17) is 14.5 Å². The number of pyridine rings is 1. The van der Waals surface area contributed by atoms with Crippen molar-refractivity contribution in [3.05, 3.63) is 60.2 Å². The zero-order valence-electron chi connectivity index (χ0n) is 17.7. The van der Waals surface area contributed by atoms with Gasteiger partial charge in [-0.25, -0.2) is 13.4 Å². The molecule has 4 aromatic rings. The second-order valence-corrected chi connectivity index (χ2v) is 9.03. The lowest BCUT2D eigenvalue weighted by atomic mass is 10.0. The number of rotatable bonds is 6. The van der Waals surface area contributed by atoms with Crippen molar-refractivity contribution < 1.29 is 17.9 Å². The van der Waals surface area contributed by atoms with Gasteiger partial charge in [0.05, 0.1) is 43.1 Å². The van der Waals surface area contributed by atoms with Crippen LogP contribution < -0.4 is 19.5 Å². The van der Waals surface area contributed by atoms with Crippen LogP contribution in [0.4, 0.5) is 17.1 Å². The van der Waals surface area contributed by atoms with Crippen molar-refractivity contribution in [3.8, 4) is 11.5 Å². The second kappa shape index (κ2) is 7.96. The maximum Gasteiger partial charge on any atom is 0.229 e. The van der Waals surface area contributed by atoms with Gasteiger partial charge in [-0.1, -0.05) is 24.3 Å². The lowest BCUT2D eigenvalue weighted by Gasteiger charge is -2.17. The highest BCUT2D eigenvalue weighted by molar-refractivity contribution is 7.92. The molecule has 0 fully saturated rings. The number of methoxy groups -OCH3 is 2. The Morgan fingerprint density at radius 2 is 1.68 bits per heavy atom. The van der Waals surface area contributed by atoms with Crippen molar-refractivity contribution in [2.75, 3.05) is 30.5 Å². The molecule has 8 heteroatoms. The highest BCUT2D eigenvalue weighted by atomic mass is 32.2. The van der Waals surface area contributed by atoms with Gasteiger partial charge in [-0.15, -0.1) is 0 Å². The van der Waals surface area contributed by atoms with E-state index in [1.807, 2.05) is 43.3 Å². The Morgan fingerprint density at radius 1 is 0.903 bits per heavy atom. The molecule has 0 aliphatic carbocycles. The van der Waals surface area contributed by atoms with Gasteiger partial charge in [-0.2, -0.15) is 0 Å². The molecule has 0 unspecified atom stereocenters. The molecule has 1 aromatic heterocycles. The minimum Gasteiger partial charge on any atom is -0.494 e. The number of hydrogen-bond acceptors (Lipinski definition) is 6. The number of nitrogens with zero attached hydrogens (tertiary/aromatic N) is 1. The van der Waals surface area contributed by atoms with Gasteiger partial charge in [0.2, 0.25) is 10.0 Å². The van der Waals surface area contributed by atoms with Gasteiger partial charge >= 0.3 is 0 Å². The monoisotopic (exact) mass is 437 g/mol. The molecule has 2 N–H and O–H groups in total. The quantitative estimate of drug-likeness (QED) is 0.420. The van der Waals surface area contributed by atoms with Gasteiger partial charge in [0.15, 0.2) is 0 Å². The lowest BCUT2D eigenvalue weighted by molar-refractivity contribution is 0.417. The molecule has 3 aromatic carbocycles. The van der Waals surface area contributed by atoms with Crippen LogP contribution in [0.25, 0.3) is 21.8 Å². The SMILES string of the molecule is COc1cc(NS(C)(=O)=O)ccc1Nc1c2ccc(C)cc2nc2c(OC)cccc12. The normalized spacial score (nSPS) is 11.5. The minimum absolute atomic E-state index is 0.423. The van der Waals surface area contributed by atoms with Gasteiger partial charge in [0.25, 0.3) is 0 Å². The van der Waals surface area contributed by atoms with E-state index in [0.29, 0.717) is 22.9 Å². The summed E-state index contributed by atoms with van der Waals surface area (Å²) in [5.41, 5.74) is 4.68. The standard InChI is InChI=1S/C23H23N3O4S/c1-14-8-10-16-19(12-14)25-23-17(6-5-7-20(23)29-2)22(16)24-18-11-9-15(13-21(18)30-3)26-31(4,27)28/h5-13,26H,1-4H3,(H,24,25). The molecule has 0 radical (unpaired) electrons. The van der Waals surface area contributed by atoms with Gasteiger partial charge in [0.1, 0.15) is 17.0 Å². The summed E-state index contributed by atoms with van der Waals surface area (Å²) >= 11 is 0. The fraction of sp³-hybridized carbons (Fsp3) is 0.174. The number of para-hydroxylation sites is 1. The van der Waals surface area contributed by atoms with Crippen LogP contribution in [0.3, 0.4) is 0 Å². The molecule has 0 spiro atoms. The smallest absolute Gasteiger partial charge is 0.229 e. The molecule has 0 aliphatic heterocycles. The first-order valence-electron chi connectivity index (χ1n) is 9.59. The van der Waals surface area contributed by atoms with Gasteiger partial charge in [-0.05, 0) is 36.8 Å². The number of aryl methyl sites for hydroxylation is 1. The van der Waals surface area contributed by atoms with Crippen molar-refractivity contribution in [2.45, 2.75) is 6.92 Å². The first-order chi connectivity index (χ1) is 14.8. The number of anilines is 3. The fourth-order valence-electron chi connectivity index (χ4n) is 3.56. The van der Waals surface area contributed by atoms with Gasteiger partial charge in [-0.3, -0.25) is 4.72 Å². The molecular weight excluding hydrogens is 414 g/mol. The zero-order valence-corrected chi connectivity index (χ0v) is 18.5. The van der Waals surface area contributed by atoms with E-state index in [-0.39, 0.29) is 0 Å². The van der Waals surface area contributed by atoms with Crippen molar-refractivity contribution in [2.24, 2.45) is 0 Å². The maximum absolute atomic E-state index is 11.6. The average molecular weight is 438 g/mol. The molecular formula is C23H23N3O4S. The van der Waals surface area contributed by atoms with E-state index in [0.717, 1.165) is 39.3 Å². The number of ether oxygens (including phenoxy) is 2. The van der Waals surface area contributed by atoms with Crippen LogP contribution in [0.2, 0.25) is 0 Å². The van der Waals surface area contributed by atoms with Crippen molar-refractivity contribution >= 4 is 48.9 Å². The van der Waals surface area contributed by atoms with E-state index >= 15 is 0 Å². The third-order valence-corrected chi connectivity index (χ3v) is 5.51. The Kier molecular flexibility index (Phi) is 5.32. The Morgan fingerprint density at radius 3 is 2.39 bits per heavy atom. The summed E-state index contributed by atoms with van der Waals surface area (Å²) in [5.74, 6) is 1.19. The van der Waals surface area contributed by atoms with E-state index in [2.05, 4.69) is 10.0 Å². The Balaban J connectivity index is 1.91. The summed E-state index contributed by atoms with van der Waals surface area (Å²) in [6.45, 7) is 2.02. The largest absolute Gasteiger partial charge is 0.494 e. The van der Waals surface area contributed by atoms with Gasteiger partial charge in [0, 0.05) is 16.8 Å². The first kappa shape index (κ1) is 20.7. The number of sulfonamides is 1. The van der Waals surface area contributed by atoms with Crippen LogP contribution in [0.5, 0.6) is 11.5 Å². The van der Waals surface area contributed by atoms with E-state index in [1.165, 1.54) is 0 Å². The Hall–Kier alpha value is -3.52. The summed E-state index contributed by atoms with van der Waals surface area (Å²) < 4.78 is 36.7. The van der Waals surface area contributed by atoms with Crippen LogP contribution in [0.1, 0.15) is 5.56 Å². The van der Waals surface area contributed by atoms with Crippen LogP contribution in [-0.2, 0) is 10.0 Å². The highest BCUT2D eigenvalue weighted by Crippen LogP contribution is 2.39. The topological polar surface area (TPSA) is 89.5 Å². The van der Waals surface area contributed by atoms with Crippen molar-refractivity contribution in [1.29, 1.82) is 0 Å². The first-order valence-corrected chi connectivity index (χ1v) is 11.5. The van der Waals surface area contributed by atoms with E-state index in [1.54, 1.807) is 32.4 Å². The number of hydrogen-bond donors (Lipinski definition) is 2. The lowest BCUT2D eigenvalue weighted by Crippen LogP contribution is -2.09. The second-order valence-electron chi connectivity index (χ2n) is 7.28. The summed E-state index contributed by atoms with van der Waals surface area (Å²) in [4.78, 5) is 4.84. The molecule has 0 amide bonds. The molecule has 31 heavy (non-hydrogen) atoms. The van der Waals surface area contributed by atoms with Crippen molar-refractivity contribution in [3.63, 3.8) is 0 Å². The predicted molar refractivity (Wildman–Crippen MR) is 125 cm³/mol. The zero-order chi connectivity index (χ0) is 22.2. The number of aromatic nitrogens is 1. The number of fused-ring (bicyclic) bond motifs is 2. The molecule has 0 aliphatic rings. The molecule has 0 saturated heterocycles. The van der Waals surface area contributed by atoms with Crippen molar-refractivity contribution in [1.82, 2.24) is 4.98 Å². The molecule has 0 saturated carbocycles. The van der Waals surface area contributed by atoms with Crippen LogP contribution in [0.15, 0.2) is 54.6 Å². The summed E-state index contributed by atoms with van der Waals surface area (Å²) in [5, 5.41) is 5.32. The molecule has 160 valence electrons. The van der Waals surface area contributed by atoms with Crippen LogP contribution in [-0.4, -0.2) is 33.9 Å². The Bertz CT molecular complexity index is 1400. The molecule has 4 rings (SSSR count). The number of nitrogens with one attached hydrogen (secondary N) is 2. The van der Waals surface area contributed by atoms with Crippen LogP contribution in [0, 0.1) is 6.92 Å². The molecule has 0 bridgehead atoms. The third kappa shape index (κ3) is 4.20. The fourth-order valence-corrected chi connectivity index (χ4v) is 4.11. The predicted octanol–water partition coefficient (Wildman–Crippen LogP) is 4.83. The van der Waals surface area contributed by atoms with Gasteiger partial charge < -0.3 is 14.8 Å². The molecule has 1 heterocycles. The average Bonchev–Trinajstić information content (AvgIpc) is 2.72. The third-order valence-electron chi connectivity index (χ3n) is 4.91. The summed E-state index contributed by atoms with van der Waals surface area (Å²) in [7, 11) is -0.224. The minimum atomic E-state index is -3.39. The van der Waals surface area contributed by atoms with Crippen LogP contribution >= 0.6 is 0 Å². The van der Waals surface area contributed by atoms with E-state index in [9.17, 15) is 8.42 Å². The Labute approximate surface area is 181 Å². The number of benzene rings is 3. The highest BCUT2D eigenvalue weighted by Gasteiger charge is 2.15. The van der Waals surface area contributed by atoms with E-state index < -0.39 is 10.0 Å². The summed E-state index contributed by atoms with van der Waals surface area (Å²) in [6.07, 6.45) is 1.11. The molecule has 0 atom stereocenters. The summed E-state index contributed by atoms with van der Waals surface area (Å²) in [6, 6.07) is 17.0.